The average molecular weight is 271 g/mol. The Morgan fingerprint density at radius 3 is 2.65 bits per heavy atom. The third-order valence-electron chi connectivity index (χ3n) is 2.36. The summed E-state index contributed by atoms with van der Waals surface area (Å²) in [6.45, 7) is -0.175. The van der Waals surface area contributed by atoms with Crippen LogP contribution in [0.5, 0.6) is 0 Å². The monoisotopic (exact) mass is 271 g/mol. The standard InChI is InChI=1S/C14H13N3O3/c18-13(10-15-14(19)12-7-4-8-20-12)17-16-9-11-5-2-1-3-6-11/h1-9H,10H2,(H,15,19)(H,17,18)/b16-9-. The van der Waals surface area contributed by atoms with E-state index in [-0.39, 0.29) is 12.3 Å². The fourth-order valence-corrected chi connectivity index (χ4v) is 1.41. The van der Waals surface area contributed by atoms with Crippen molar-refractivity contribution in [3.63, 3.8) is 0 Å². The Bertz CT molecular complexity index is 591. The number of rotatable bonds is 5. The van der Waals surface area contributed by atoms with Crippen molar-refractivity contribution in [2.24, 2.45) is 5.10 Å². The van der Waals surface area contributed by atoms with Gasteiger partial charge in [0.25, 0.3) is 11.8 Å². The van der Waals surface area contributed by atoms with E-state index < -0.39 is 11.8 Å². The van der Waals surface area contributed by atoms with Gasteiger partial charge >= 0.3 is 0 Å². The molecule has 1 aromatic heterocycles. The number of furan rings is 1. The van der Waals surface area contributed by atoms with Crippen LogP contribution in [-0.4, -0.2) is 24.6 Å². The van der Waals surface area contributed by atoms with Gasteiger partial charge in [-0.25, -0.2) is 5.43 Å². The van der Waals surface area contributed by atoms with E-state index in [9.17, 15) is 9.59 Å². The first-order chi connectivity index (χ1) is 9.75. The summed E-state index contributed by atoms with van der Waals surface area (Å²) in [4.78, 5) is 22.9. The summed E-state index contributed by atoms with van der Waals surface area (Å²) in [6, 6.07) is 12.4. The summed E-state index contributed by atoms with van der Waals surface area (Å²) in [5, 5.41) is 6.20. The zero-order valence-corrected chi connectivity index (χ0v) is 10.6. The van der Waals surface area contributed by atoms with Crippen molar-refractivity contribution in [3.8, 4) is 0 Å². The number of nitrogens with zero attached hydrogens (tertiary/aromatic N) is 1. The molecule has 2 rings (SSSR count). The maximum Gasteiger partial charge on any atom is 0.287 e. The minimum atomic E-state index is -0.447. The van der Waals surface area contributed by atoms with Crippen LogP contribution in [-0.2, 0) is 4.79 Å². The van der Waals surface area contributed by atoms with Crippen LogP contribution in [0.2, 0.25) is 0 Å². The smallest absolute Gasteiger partial charge is 0.287 e. The molecule has 0 spiro atoms. The van der Waals surface area contributed by atoms with Crippen molar-refractivity contribution in [3.05, 3.63) is 60.1 Å². The van der Waals surface area contributed by atoms with Crippen LogP contribution in [0.3, 0.4) is 0 Å². The van der Waals surface area contributed by atoms with Crippen LogP contribution < -0.4 is 10.7 Å². The SMILES string of the molecule is O=C(CNC(=O)c1ccco1)N/N=C\c1ccccc1. The molecule has 0 saturated carbocycles. The number of hydrogen-bond acceptors (Lipinski definition) is 4. The molecule has 0 radical (unpaired) electrons. The molecule has 102 valence electrons. The lowest BCUT2D eigenvalue weighted by molar-refractivity contribution is -0.120. The molecular formula is C14H13N3O3. The maximum atomic E-state index is 11.5. The summed E-state index contributed by atoms with van der Waals surface area (Å²) < 4.78 is 4.89. The number of benzene rings is 1. The number of amides is 2. The number of carbonyl (C=O) groups excluding carboxylic acids is 2. The Morgan fingerprint density at radius 2 is 1.95 bits per heavy atom. The van der Waals surface area contributed by atoms with E-state index in [0.717, 1.165) is 5.56 Å². The van der Waals surface area contributed by atoms with E-state index in [2.05, 4.69) is 15.8 Å². The van der Waals surface area contributed by atoms with Crippen LogP contribution in [0.25, 0.3) is 0 Å². The van der Waals surface area contributed by atoms with Crippen LogP contribution in [0, 0.1) is 0 Å². The summed E-state index contributed by atoms with van der Waals surface area (Å²) in [5.41, 5.74) is 3.18. The summed E-state index contributed by atoms with van der Waals surface area (Å²) in [5.74, 6) is -0.708. The second-order valence-corrected chi connectivity index (χ2v) is 3.86. The molecule has 2 amide bonds. The van der Waals surface area contributed by atoms with Gasteiger partial charge in [0.15, 0.2) is 5.76 Å². The van der Waals surface area contributed by atoms with Crippen molar-refractivity contribution in [1.29, 1.82) is 0 Å². The van der Waals surface area contributed by atoms with E-state index in [1.165, 1.54) is 18.5 Å². The van der Waals surface area contributed by atoms with Crippen LogP contribution in [0.1, 0.15) is 16.1 Å². The van der Waals surface area contributed by atoms with Gasteiger partial charge in [0.05, 0.1) is 19.0 Å². The normalized spacial score (nSPS) is 10.4. The highest BCUT2D eigenvalue weighted by molar-refractivity contribution is 5.94. The molecule has 0 bridgehead atoms. The zero-order chi connectivity index (χ0) is 14.2. The van der Waals surface area contributed by atoms with Crippen molar-refractivity contribution in [2.75, 3.05) is 6.54 Å². The fraction of sp³-hybridized carbons (Fsp3) is 0.0714. The molecule has 0 atom stereocenters. The molecule has 0 saturated heterocycles. The minimum absolute atomic E-state index is 0.158. The first-order valence-corrected chi connectivity index (χ1v) is 5.94. The third kappa shape index (κ3) is 4.09. The molecule has 0 aliphatic carbocycles. The molecule has 1 aromatic carbocycles. The van der Waals surface area contributed by atoms with Crippen LogP contribution in [0.15, 0.2) is 58.2 Å². The molecule has 2 aromatic rings. The van der Waals surface area contributed by atoms with Gasteiger partial charge in [-0.1, -0.05) is 30.3 Å². The van der Waals surface area contributed by atoms with Crippen molar-refractivity contribution < 1.29 is 14.0 Å². The second-order valence-electron chi connectivity index (χ2n) is 3.86. The van der Waals surface area contributed by atoms with Gasteiger partial charge in [0.1, 0.15) is 0 Å². The summed E-state index contributed by atoms with van der Waals surface area (Å²) in [7, 11) is 0. The topological polar surface area (TPSA) is 83.7 Å². The predicted octanol–water partition coefficient (Wildman–Crippen LogP) is 1.16. The molecular weight excluding hydrogens is 258 g/mol. The number of hydrogen-bond donors (Lipinski definition) is 2. The lowest BCUT2D eigenvalue weighted by Crippen LogP contribution is -2.34. The highest BCUT2D eigenvalue weighted by atomic mass is 16.3. The fourth-order valence-electron chi connectivity index (χ4n) is 1.41. The first kappa shape index (κ1) is 13.5. The zero-order valence-electron chi connectivity index (χ0n) is 10.6. The van der Waals surface area contributed by atoms with Crippen molar-refractivity contribution in [2.45, 2.75) is 0 Å². The molecule has 0 aliphatic rings. The van der Waals surface area contributed by atoms with Gasteiger partial charge < -0.3 is 9.73 Å². The molecule has 0 aliphatic heterocycles. The quantitative estimate of drug-likeness (QED) is 0.632. The number of nitrogens with one attached hydrogen (secondary N) is 2. The number of hydrazone groups is 1. The molecule has 20 heavy (non-hydrogen) atoms. The third-order valence-corrected chi connectivity index (χ3v) is 2.36. The highest BCUT2D eigenvalue weighted by Gasteiger charge is 2.09. The lowest BCUT2D eigenvalue weighted by atomic mass is 10.2. The minimum Gasteiger partial charge on any atom is -0.459 e. The van der Waals surface area contributed by atoms with E-state index in [1.54, 1.807) is 6.07 Å². The predicted molar refractivity (Wildman–Crippen MR) is 73.2 cm³/mol. The van der Waals surface area contributed by atoms with Gasteiger partial charge in [0, 0.05) is 0 Å². The Kier molecular flexibility index (Phi) is 4.66. The highest BCUT2D eigenvalue weighted by Crippen LogP contribution is 1.98. The van der Waals surface area contributed by atoms with Crippen molar-refractivity contribution >= 4 is 18.0 Å². The average Bonchev–Trinajstić information content (AvgIpc) is 3.00. The molecule has 1 heterocycles. The molecule has 0 unspecified atom stereocenters. The molecule has 6 heteroatoms. The summed E-state index contributed by atoms with van der Waals surface area (Å²) >= 11 is 0. The Hall–Kier alpha value is -2.89. The van der Waals surface area contributed by atoms with Crippen LogP contribution in [0.4, 0.5) is 0 Å². The van der Waals surface area contributed by atoms with Crippen molar-refractivity contribution in [1.82, 2.24) is 10.7 Å². The summed E-state index contributed by atoms with van der Waals surface area (Å²) in [6.07, 6.45) is 2.91. The molecule has 2 N–H and O–H groups in total. The van der Waals surface area contributed by atoms with Gasteiger partial charge in [-0.2, -0.15) is 5.10 Å². The van der Waals surface area contributed by atoms with E-state index >= 15 is 0 Å². The largest absolute Gasteiger partial charge is 0.459 e. The number of carbonyl (C=O) groups is 2. The van der Waals surface area contributed by atoms with E-state index in [4.69, 9.17) is 4.42 Å². The van der Waals surface area contributed by atoms with Gasteiger partial charge in [-0.15, -0.1) is 0 Å². The second kappa shape index (κ2) is 6.89. The Labute approximate surface area is 115 Å². The van der Waals surface area contributed by atoms with Gasteiger partial charge in [-0.3, -0.25) is 9.59 Å². The molecule has 0 fully saturated rings. The Balaban J connectivity index is 1.73. The lowest BCUT2D eigenvalue weighted by Gasteiger charge is -2.01. The van der Waals surface area contributed by atoms with Gasteiger partial charge in [-0.05, 0) is 17.7 Å². The maximum absolute atomic E-state index is 11.5. The van der Waals surface area contributed by atoms with E-state index in [1.807, 2.05) is 30.3 Å². The van der Waals surface area contributed by atoms with Gasteiger partial charge in [0.2, 0.25) is 0 Å². The molecule has 6 nitrogen and oxygen atoms in total. The van der Waals surface area contributed by atoms with Crippen LogP contribution >= 0.6 is 0 Å². The first-order valence-electron chi connectivity index (χ1n) is 5.94. The Morgan fingerprint density at radius 1 is 1.15 bits per heavy atom. The van der Waals surface area contributed by atoms with E-state index in [0.29, 0.717) is 0 Å².